The molecule has 1 N–H and O–H groups in total. The maximum atomic E-state index is 3.65. The van der Waals surface area contributed by atoms with Crippen molar-refractivity contribution in [3.8, 4) is 0 Å². The van der Waals surface area contributed by atoms with E-state index in [2.05, 4.69) is 29.2 Å². The fourth-order valence-electron chi connectivity index (χ4n) is 3.01. The Morgan fingerprint density at radius 1 is 1.19 bits per heavy atom. The summed E-state index contributed by atoms with van der Waals surface area (Å²) in [5.74, 6) is 0. The van der Waals surface area contributed by atoms with E-state index in [1.165, 1.54) is 58.3 Å². The summed E-state index contributed by atoms with van der Waals surface area (Å²) in [4.78, 5) is 5.04. The van der Waals surface area contributed by atoms with E-state index in [1.54, 1.807) is 0 Å². The van der Waals surface area contributed by atoms with Crippen molar-refractivity contribution in [2.24, 2.45) is 0 Å². The Labute approximate surface area is 100 Å². The maximum absolute atomic E-state index is 3.65. The molecule has 0 unspecified atom stereocenters. The molecule has 0 aromatic rings. The van der Waals surface area contributed by atoms with E-state index < -0.39 is 0 Å². The number of hydrogen-bond acceptors (Lipinski definition) is 3. The second-order valence-corrected chi connectivity index (χ2v) is 5.62. The minimum atomic E-state index is 0.749. The monoisotopic (exact) mass is 225 g/mol. The van der Waals surface area contributed by atoms with Crippen LogP contribution in [0.25, 0.3) is 0 Å². The summed E-state index contributed by atoms with van der Waals surface area (Å²) in [6.45, 7) is 5.01. The quantitative estimate of drug-likeness (QED) is 0.777. The summed E-state index contributed by atoms with van der Waals surface area (Å²) < 4.78 is 0. The first-order chi connectivity index (χ1) is 7.75. The lowest BCUT2D eigenvalue weighted by molar-refractivity contribution is 0.130. The second kappa shape index (κ2) is 5.99. The second-order valence-electron chi connectivity index (χ2n) is 5.62. The Hall–Kier alpha value is -0.120. The first-order valence-electron chi connectivity index (χ1n) is 6.88. The van der Waals surface area contributed by atoms with Crippen molar-refractivity contribution in [3.05, 3.63) is 0 Å². The number of rotatable bonds is 3. The van der Waals surface area contributed by atoms with Gasteiger partial charge in [0.1, 0.15) is 0 Å². The van der Waals surface area contributed by atoms with Crippen LogP contribution in [0.5, 0.6) is 0 Å². The van der Waals surface area contributed by atoms with Crippen LogP contribution in [0.4, 0.5) is 0 Å². The molecule has 0 amide bonds. The van der Waals surface area contributed by atoms with Gasteiger partial charge in [0.15, 0.2) is 0 Å². The van der Waals surface area contributed by atoms with E-state index in [-0.39, 0.29) is 0 Å². The molecule has 0 radical (unpaired) electrons. The van der Waals surface area contributed by atoms with Gasteiger partial charge in [0.2, 0.25) is 0 Å². The Morgan fingerprint density at radius 3 is 2.56 bits per heavy atom. The van der Waals surface area contributed by atoms with Gasteiger partial charge in [0.05, 0.1) is 0 Å². The van der Waals surface area contributed by atoms with Crippen LogP contribution < -0.4 is 5.32 Å². The van der Waals surface area contributed by atoms with Crippen LogP contribution in [0.2, 0.25) is 0 Å². The van der Waals surface area contributed by atoms with Gasteiger partial charge >= 0.3 is 0 Å². The SMILES string of the molecule is CN1CCC(N(C)C[C@H]2CCCCN2)CC1. The van der Waals surface area contributed by atoms with Gasteiger partial charge < -0.3 is 15.1 Å². The van der Waals surface area contributed by atoms with Crippen LogP contribution in [0.1, 0.15) is 32.1 Å². The van der Waals surface area contributed by atoms with E-state index in [0.717, 1.165) is 12.1 Å². The molecule has 16 heavy (non-hydrogen) atoms. The Balaban J connectivity index is 1.72. The molecular formula is C13H27N3. The fourth-order valence-corrected chi connectivity index (χ4v) is 3.01. The number of piperidine rings is 2. The lowest BCUT2D eigenvalue weighted by Crippen LogP contribution is -2.48. The highest BCUT2D eigenvalue weighted by molar-refractivity contribution is 4.81. The maximum Gasteiger partial charge on any atom is 0.0195 e. The van der Waals surface area contributed by atoms with Crippen LogP contribution in [0.15, 0.2) is 0 Å². The third-order valence-electron chi connectivity index (χ3n) is 4.23. The zero-order valence-corrected chi connectivity index (χ0v) is 10.9. The summed E-state index contributed by atoms with van der Waals surface area (Å²) in [5, 5.41) is 3.65. The molecule has 2 heterocycles. The molecule has 0 spiro atoms. The normalized spacial score (nSPS) is 29.8. The van der Waals surface area contributed by atoms with Crippen molar-refractivity contribution in [2.75, 3.05) is 40.3 Å². The van der Waals surface area contributed by atoms with Gasteiger partial charge in [-0.1, -0.05) is 6.42 Å². The van der Waals surface area contributed by atoms with E-state index in [0.29, 0.717) is 0 Å². The third-order valence-corrected chi connectivity index (χ3v) is 4.23. The summed E-state index contributed by atoms with van der Waals surface area (Å²) in [5.41, 5.74) is 0. The fraction of sp³-hybridized carbons (Fsp3) is 1.00. The van der Waals surface area contributed by atoms with Crippen molar-refractivity contribution in [2.45, 2.75) is 44.2 Å². The molecule has 2 aliphatic rings. The summed E-state index contributed by atoms with van der Waals surface area (Å²) in [6, 6.07) is 1.57. The average molecular weight is 225 g/mol. The van der Waals surface area contributed by atoms with Gasteiger partial charge in [0.25, 0.3) is 0 Å². The lowest BCUT2D eigenvalue weighted by atomic mass is 10.0. The highest BCUT2D eigenvalue weighted by Crippen LogP contribution is 2.16. The van der Waals surface area contributed by atoms with Gasteiger partial charge in [-0.2, -0.15) is 0 Å². The molecule has 2 fully saturated rings. The predicted octanol–water partition coefficient (Wildman–Crippen LogP) is 1.15. The highest BCUT2D eigenvalue weighted by Gasteiger charge is 2.23. The Kier molecular flexibility index (Phi) is 4.62. The van der Waals surface area contributed by atoms with Gasteiger partial charge in [-0.05, 0) is 59.4 Å². The molecule has 3 heteroatoms. The van der Waals surface area contributed by atoms with Crippen molar-refractivity contribution < 1.29 is 0 Å². The van der Waals surface area contributed by atoms with Gasteiger partial charge in [0, 0.05) is 18.6 Å². The number of nitrogens with zero attached hydrogens (tertiary/aromatic N) is 2. The van der Waals surface area contributed by atoms with Gasteiger partial charge in [-0.25, -0.2) is 0 Å². The number of hydrogen-bond donors (Lipinski definition) is 1. The Morgan fingerprint density at radius 2 is 1.94 bits per heavy atom. The molecule has 0 aliphatic carbocycles. The molecular weight excluding hydrogens is 198 g/mol. The summed E-state index contributed by atoms with van der Waals surface area (Å²) in [7, 11) is 4.55. The molecule has 0 saturated carbocycles. The first-order valence-corrected chi connectivity index (χ1v) is 6.88. The molecule has 0 aromatic heterocycles. The lowest BCUT2D eigenvalue weighted by Gasteiger charge is -2.37. The van der Waals surface area contributed by atoms with Crippen LogP contribution in [-0.4, -0.2) is 62.2 Å². The number of likely N-dealkylation sites (tertiary alicyclic amines) is 1. The topological polar surface area (TPSA) is 18.5 Å². The predicted molar refractivity (Wildman–Crippen MR) is 68.8 cm³/mol. The van der Waals surface area contributed by atoms with E-state index in [9.17, 15) is 0 Å². The van der Waals surface area contributed by atoms with Crippen LogP contribution in [-0.2, 0) is 0 Å². The smallest absolute Gasteiger partial charge is 0.0195 e. The van der Waals surface area contributed by atoms with Crippen LogP contribution in [0.3, 0.4) is 0 Å². The first kappa shape index (κ1) is 12.3. The highest BCUT2D eigenvalue weighted by atomic mass is 15.2. The average Bonchev–Trinajstić information content (AvgIpc) is 2.31. The largest absolute Gasteiger partial charge is 0.313 e. The van der Waals surface area contributed by atoms with Gasteiger partial charge in [-0.3, -0.25) is 0 Å². The van der Waals surface area contributed by atoms with Crippen molar-refractivity contribution in [3.63, 3.8) is 0 Å². The Bertz CT molecular complexity index is 193. The molecule has 2 aliphatic heterocycles. The molecule has 1 atom stereocenters. The molecule has 94 valence electrons. The van der Waals surface area contributed by atoms with Crippen LogP contribution >= 0.6 is 0 Å². The zero-order chi connectivity index (χ0) is 11.4. The zero-order valence-electron chi connectivity index (χ0n) is 10.9. The van der Waals surface area contributed by atoms with Gasteiger partial charge in [-0.15, -0.1) is 0 Å². The van der Waals surface area contributed by atoms with Crippen LogP contribution in [0, 0.1) is 0 Å². The van der Waals surface area contributed by atoms with Crippen molar-refractivity contribution in [1.82, 2.24) is 15.1 Å². The van der Waals surface area contributed by atoms with E-state index in [4.69, 9.17) is 0 Å². The number of likely N-dealkylation sites (N-methyl/N-ethyl adjacent to an activating group) is 1. The van der Waals surface area contributed by atoms with E-state index >= 15 is 0 Å². The number of nitrogens with one attached hydrogen (secondary N) is 1. The summed E-state index contributed by atoms with van der Waals surface area (Å²) >= 11 is 0. The van der Waals surface area contributed by atoms with Crippen molar-refractivity contribution >= 4 is 0 Å². The third kappa shape index (κ3) is 3.44. The molecule has 0 bridgehead atoms. The van der Waals surface area contributed by atoms with E-state index in [1.807, 2.05) is 0 Å². The molecule has 3 nitrogen and oxygen atoms in total. The molecule has 0 aromatic carbocycles. The van der Waals surface area contributed by atoms with Crippen molar-refractivity contribution in [1.29, 1.82) is 0 Å². The minimum absolute atomic E-state index is 0.749. The summed E-state index contributed by atoms with van der Waals surface area (Å²) in [6.07, 6.45) is 6.85. The molecule has 2 saturated heterocycles. The molecule has 2 rings (SSSR count). The minimum Gasteiger partial charge on any atom is -0.313 e. The standard InChI is InChI=1S/C13H27N3/c1-15-9-6-13(7-10-15)16(2)11-12-5-3-4-8-14-12/h12-14H,3-11H2,1-2H3/t12-/m1/s1.